The van der Waals surface area contributed by atoms with E-state index in [-0.39, 0.29) is 56.6 Å². The SMILES string of the molecule is CC(C)(C)CC(C)(C)c1cc(O)c(C(C)(C)CC(C)(C)C)cc1O.CCCCC(CC)C(=O)OCC1CCC(COC(=O)C(CC)CCCC)CC1.CCCCOC(=O)c1ccccc1C(=O)OCCCC.O=Cc1ccccc1C=O. The van der Waals surface area contributed by atoms with Crippen molar-refractivity contribution in [3.05, 3.63) is 94.0 Å². The standard InChI is InChI=1S/C24H44O4.C22H38O2.C16H22O4.C8H6O2/c1-5-9-11-21(7-3)23(25)27-17-19-13-15-20(16-14-19)18-28-24(26)22(8-4)12-10-6-2;1-19(2,3)13-21(7,8)15-11-18(24)16(12-17(15)23)22(9,10)14-20(4,5)6;1-3-5-11-19-15(17)13-9-7-8-10-14(13)16(18)20-12-6-4-2;9-5-7-3-1-2-4-8(7)6-10/h19-22H,5-18H2,1-4H3;11-12,23-24H,13-14H2,1-10H3;7-10H,3-6,11-12H2,1-2H3;1-6H. The van der Waals surface area contributed by atoms with Crippen LogP contribution in [0, 0.1) is 34.5 Å². The number of phenols is 2. The average Bonchev–Trinajstić information content (AvgIpc) is 3.58. The number of ether oxygens (including phenoxy) is 4. The van der Waals surface area contributed by atoms with Crippen LogP contribution in [-0.2, 0) is 39.4 Å². The number of benzene rings is 3. The van der Waals surface area contributed by atoms with Gasteiger partial charge >= 0.3 is 23.9 Å². The van der Waals surface area contributed by atoms with E-state index in [0.29, 0.717) is 73.5 Å². The number of carbonyl (C=O) groups is 6. The molecule has 12 heteroatoms. The van der Waals surface area contributed by atoms with Crippen LogP contribution >= 0.6 is 0 Å². The average molecular weight is 1140 g/mol. The Morgan fingerprint density at radius 2 is 0.817 bits per heavy atom. The second-order valence-corrected chi connectivity index (χ2v) is 26.2. The van der Waals surface area contributed by atoms with Gasteiger partial charge in [0, 0.05) is 22.3 Å². The molecule has 0 heterocycles. The van der Waals surface area contributed by atoms with Gasteiger partial charge in [0.1, 0.15) is 11.5 Å². The van der Waals surface area contributed by atoms with E-state index in [1.165, 1.54) is 0 Å². The van der Waals surface area contributed by atoms with Gasteiger partial charge in [-0.05, 0) is 135 Å². The fourth-order valence-electron chi connectivity index (χ4n) is 10.9. The van der Waals surface area contributed by atoms with E-state index < -0.39 is 11.9 Å². The van der Waals surface area contributed by atoms with E-state index in [9.17, 15) is 39.0 Å². The van der Waals surface area contributed by atoms with E-state index >= 15 is 0 Å². The molecule has 12 nitrogen and oxygen atoms in total. The number of phenolic OH excluding ortho intramolecular Hbond substituents is 2. The Morgan fingerprint density at radius 3 is 1.10 bits per heavy atom. The van der Waals surface area contributed by atoms with E-state index in [1.807, 2.05) is 13.8 Å². The number of esters is 4. The van der Waals surface area contributed by atoms with Crippen molar-refractivity contribution in [2.75, 3.05) is 26.4 Å². The Balaban J connectivity index is 0.000000571. The molecule has 0 spiro atoms. The van der Waals surface area contributed by atoms with Crippen LogP contribution in [0.5, 0.6) is 11.5 Å². The Labute approximate surface area is 496 Å². The highest BCUT2D eigenvalue weighted by Crippen LogP contribution is 2.47. The largest absolute Gasteiger partial charge is 0.508 e. The van der Waals surface area contributed by atoms with E-state index in [1.54, 1.807) is 60.7 Å². The lowest BCUT2D eigenvalue weighted by atomic mass is 9.69. The zero-order valence-corrected chi connectivity index (χ0v) is 53.8. The first-order valence-corrected chi connectivity index (χ1v) is 30.9. The fourth-order valence-corrected chi connectivity index (χ4v) is 10.9. The third-order valence-corrected chi connectivity index (χ3v) is 14.9. The van der Waals surface area contributed by atoms with Crippen LogP contribution in [-0.4, -0.2) is 73.1 Å². The summed E-state index contributed by atoms with van der Waals surface area (Å²) in [5.41, 5.74) is 2.96. The van der Waals surface area contributed by atoms with Gasteiger partial charge in [-0.1, -0.05) is 186 Å². The minimum atomic E-state index is -0.471. The van der Waals surface area contributed by atoms with Crippen molar-refractivity contribution < 1.29 is 57.9 Å². The number of rotatable bonds is 28. The first-order chi connectivity index (χ1) is 38.6. The molecule has 0 aliphatic heterocycles. The zero-order valence-electron chi connectivity index (χ0n) is 53.8. The Hall–Kier alpha value is -5.52. The summed E-state index contributed by atoms with van der Waals surface area (Å²) < 4.78 is 21.5. The molecule has 3 aromatic rings. The highest BCUT2D eigenvalue weighted by Gasteiger charge is 2.35. The minimum absolute atomic E-state index is 0.00955. The number of aldehydes is 2. The molecule has 1 aliphatic carbocycles. The Bertz CT molecular complexity index is 2180. The van der Waals surface area contributed by atoms with Crippen LogP contribution < -0.4 is 0 Å². The molecule has 462 valence electrons. The fraction of sp³-hybridized carbons (Fsp3) is 0.657. The van der Waals surface area contributed by atoms with Gasteiger partial charge in [-0.3, -0.25) is 19.2 Å². The minimum Gasteiger partial charge on any atom is -0.508 e. The number of hydrogen-bond acceptors (Lipinski definition) is 12. The first kappa shape index (κ1) is 74.5. The van der Waals surface area contributed by atoms with Crippen molar-refractivity contribution >= 4 is 36.4 Å². The summed E-state index contributed by atoms with van der Waals surface area (Å²) in [6, 6.07) is 16.8. The topological polar surface area (TPSA) is 180 Å². The molecule has 0 saturated heterocycles. The second-order valence-electron chi connectivity index (χ2n) is 26.2. The normalized spacial score (nSPS) is 15.1. The lowest BCUT2D eigenvalue weighted by Crippen LogP contribution is -2.27. The van der Waals surface area contributed by atoms with Gasteiger partial charge in [-0.25, -0.2) is 9.59 Å². The van der Waals surface area contributed by atoms with Gasteiger partial charge in [0.15, 0.2) is 12.6 Å². The number of carbonyl (C=O) groups excluding carboxylic acids is 6. The Morgan fingerprint density at radius 1 is 0.500 bits per heavy atom. The third-order valence-electron chi connectivity index (χ3n) is 14.9. The van der Waals surface area contributed by atoms with Crippen molar-refractivity contribution in [3.8, 4) is 11.5 Å². The summed E-state index contributed by atoms with van der Waals surface area (Å²) in [7, 11) is 0. The second kappa shape index (κ2) is 38.4. The van der Waals surface area contributed by atoms with Crippen LogP contribution in [0.1, 0.15) is 279 Å². The molecule has 0 radical (unpaired) electrons. The number of unbranched alkanes of at least 4 members (excludes halogenated alkanes) is 4. The van der Waals surface area contributed by atoms with Crippen LogP contribution in [0.3, 0.4) is 0 Å². The molecule has 3 aromatic carbocycles. The molecule has 1 aliphatic rings. The van der Waals surface area contributed by atoms with Gasteiger partial charge in [0.25, 0.3) is 0 Å². The van der Waals surface area contributed by atoms with Crippen LogP contribution in [0.25, 0.3) is 0 Å². The highest BCUT2D eigenvalue weighted by molar-refractivity contribution is 6.03. The lowest BCUT2D eigenvalue weighted by Gasteiger charge is -2.36. The van der Waals surface area contributed by atoms with Crippen molar-refractivity contribution in [2.45, 2.75) is 237 Å². The van der Waals surface area contributed by atoms with Crippen molar-refractivity contribution in [1.29, 1.82) is 0 Å². The molecular formula is C70H110O12. The van der Waals surface area contributed by atoms with E-state index in [4.69, 9.17) is 18.9 Å². The first-order valence-electron chi connectivity index (χ1n) is 30.9. The number of aromatic hydroxyl groups is 2. The zero-order chi connectivity index (χ0) is 62.1. The summed E-state index contributed by atoms with van der Waals surface area (Å²) in [6.07, 6.45) is 19.0. The van der Waals surface area contributed by atoms with Gasteiger partial charge in [-0.2, -0.15) is 0 Å². The quantitative estimate of drug-likeness (QED) is 0.0231. The predicted octanol–water partition coefficient (Wildman–Crippen LogP) is 17.7. The summed E-state index contributed by atoms with van der Waals surface area (Å²) in [6.45, 7) is 36.1. The van der Waals surface area contributed by atoms with Gasteiger partial charge in [0.2, 0.25) is 0 Å². The molecule has 4 rings (SSSR count). The molecule has 82 heavy (non-hydrogen) atoms. The van der Waals surface area contributed by atoms with Crippen molar-refractivity contribution in [3.63, 3.8) is 0 Å². The molecule has 2 unspecified atom stereocenters. The van der Waals surface area contributed by atoms with Crippen LogP contribution in [0.15, 0.2) is 60.7 Å². The lowest BCUT2D eigenvalue weighted by molar-refractivity contribution is -0.153. The maximum atomic E-state index is 12.3. The molecule has 0 bridgehead atoms. The maximum absolute atomic E-state index is 12.3. The highest BCUT2D eigenvalue weighted by atomic mass is 16.5. The van der Waals surface area contributed by atoms with Gasteiger partial charge in [-0.15, -0.1) is 0 Å². The van der Waals surface area contributed by atoms with Gasteiger partial charge < -0.3 is 29.2 Å². The maximum Gasteiger partial charge on any atom is 0.339 e. The molecule has 1 fully saturated rings. The summed E-state index contributed by atoms with van der Waals surface area (Å²) >= 11 is 0. The van der Waals surface area contributed by atoms with E-state index in [2.05, 4.69) is 96.9 Å². The van der Waals surface area contributed by atoms with Gasteiger partial charge in [0.05, 0.1) is 49.4 Å². The predicted molar refractivity (Wildman–Crippen MR) is 332 cm³/mol. The Kier molecular flexibility index (Phi) is 34.8. The summed E-state index contributed by atoms with van der Waals surface area (Å²) in [5, 5.41) is 21.4. The summed E-state index contributed by atoms with van der Waals surface area (Å²) in [4.78, 5) is 68.8. The molecular weight excluding hydrogens is 1030 g/mol. The molecule has 2 N–H and O–H groups in total. The summed E-state index contributed by atoms with van der Waals surface area (Å²) in [5.74, 6) is 0.681. The van der Waals surface area contributed by atoms with Crippen molar-refractivity contribution in [1.82, 2.24) is 0 Å². The monoisotopic (exact) mass is 1140 g/mol. The molecule has 1 saturated carbocycles. The number of hydrogen-bond donors (Lipinski definition) is 2. The van der Waals surface area contributed by atoms with Crippen molar-refractivity contribution in [2.24, 2.45) is 34.5 Å². The molecule has 0 amide bonds. The van der Waals surface area contributed by atoms with Crippen LogP contribution in [0.4, 0.5) is 0 Å². The third kappa shape index (κ3) is 28.6. The molecule has 2 atom stereocenters. The smallest absolute Gasteiger partial charge is 0.339 e. The van der Waals surface area contributed by atoms with Crippen LogP contribution in [0.2, 0.25) is 0 Å². The van der Waals surface area contributed by atoms with E-state index in [0.717, 1.165) is 127 Å². The molecule has 0 aromatic heterocycles.